The Morgan fingerprint density at radius 2 is 1.92 bits per heavy atom. The van der Waals surface area contributed by atoms with Gasteiger partial charge in [0.15, 0.2) is 5.76 Å². The normalized spacial score (nSPS) is 15.4. The lowest BCUT2D eigenvalue weighted by molar-refractivity contribution is 0.0919. The molecule has 1 amide bonds. The van der Waals surface area contributed by atoms with Crippen LogP contribution in [-0.4, -0.2) is 35.5 Å². The summed E-state index contributed by atoms with van der Waals surface area (Å²) in [5.74, 6) is 1.47. The van der Waals surface area contributed by atoms with Crippen molar-refractivity contribution in [2.75, 3.05) is 24.5 Å². The van der Waals surface area contributed by atoms with Gasteiger partial charge < -0.3 is 14.6 Å². The van der Waals surface area contributed by atoms with Gasteiger partial charge in [-0.1, -0.05) is 18.2 Å². The van der Waals surface area contributed by atoms with Gasteiger partial charge in [0.25, 0.3) is 5.91 Å². The molecule has 0 unspecified atom stereocenters. The molecule has 1 saturated heterocycles. The number of hydrogen-bond donors (Lipinski definition) is 1. The Balaban J connectivity index is 1.29. The van der Waals surface area contributed by atoms with Gasteiger partial charge in [-0.25, -0.2) is 9.97 Å². The molecule has 1 N–H and O–H groups in total. The number of furan rings is 1. The number of aromatic nitrogens is 2. The molecule has 2 aromatic heterocycles. The molecular formula is C19H20N4O2. The molecular weight excluding hydrogens is 316 g/mol. The molecule has 3 aromatic rings. The van der Waals surface area contributed by atoms with Crippen LogP contribution in [-0.2, 0) is 0 Å². The number of amides is 1. The second-order valence-electron chi connectivity index (χ2n) is 6.34. The van der Waals surface area contributed by atoms with Gasteiger partial charge in [0.05, 0.1) is 0 Å². The fraction of sp³-hybridized carbons (Fsp3) is 0.316. The second kappa shape index (κ2) is 6.93. The number of para-hydroxylation sites is 1. The molecule has 4 rings (SSSR count). The number of carbonyl (C=O) groups excluding carboxylic acids is 1. The first kappa shape index (κ1) is 15.6. The Labute approximate surface area is 145 Å². The third-order valence-corrected chi connectivity index (χ3v) is 4.65. The zero-order valence-electron chi connectivity index (χ0n) is 13.9. The molecule has 128 valence electrons. The van der Waals surface area contributed by atoms with Gasteiger partial charge in [0.1, 0.15) is 5.58 Å². The second-order valence-corrected chi connectivity index (χ2v) is 6.34. The van der Waals surface area contributed by atoms with Crippen LogP contribution in [0.25, 0.3) is 11.0 Å². The molecule has 0 atom stereocenters. The molecule has 0 aliphatic carbocycles. The Morgan fingerprint density at radius 3 is 2.68 bits per heavy atom. The van der Waals surface area contributed by atoms with Crippen LogP contribution in [0.1, 0.15) is 23.4 Å². The van der Waals surface area contributed by atoms with E-state index in [4.69, 9.17) is 4.42 Å². The lowest BCUT2D eigenvalue weighted by Gasteiger charge is -2.31. The van der Waals surface area contributed by atoms with Crippen LogP contribution in [0.4, 0.5) is 5.95 Å². The van der Waals surface area contributed by atoms with Crippen LogP contribution in [0.3, 0.4) is 0 Å². The SMILES string of the molecule is O=C(NCC1CCN(c2ncccn2)CC1)c1cc2ccccc2o1. The van der Waals surface area contributed by atoms with Crippen LogP contribution >= 0.6 is 0 Å². The zero-order chi connectivity index (χ0) is 17.1. The first-order chi connectivity index (χ1) is 12.3. The van der Waals surface area contributed by atoms with Crippen LogP contribution < -0.4 is 10.2 Å². The molecule has 3 heterocycles. The highest BCUT2D eigenvalue weighted by Crippen LogP contribution is 2.21. The fourth-order valence-corrected chi connectivity index (χ4v) is 3.21. The van der Waals surface area contributed by atoms with Crippen LogP contribution in [0, 0.1) is 5.92 Å². The van der Waals surface area contributed by atoms with Gasteiger partial charge in [0, 0.05) is 37.4 Å². The van der Waals surface area contributed by atoms with Crippen molar-refractivity contribution in [2.24, 2.45) is 5.92 Å². The van der Waals surface area contributed by atoms with Crippen LogP contribution in [0.5, 0.6) is 0 Å². The van der Waals surface area contributed by atoms with E-state index in [0.29, 0.717) is 18.2 Å². The van der Waals surface area contributed by atoms with Crippen LogP contribution in [0.15, 0.2) is 53.2 Å². The fourth-order valence-electron chi connectivity index (χ4n) is 3.21. The molecule has 0 spiro atoms. The molecule has 1 aliphatic heterocycles. The number of carbonyl (C=O) groups is 1. The van der Waals surface area contributed by atoms with Gasteiger partial charge in [-0.3, -0.25) is 4.79 Å². The minimum atomic E-state index is -0.148. The number of fused-ring (bicyclic) bond motifs is 1. The average Bonchev–Trinajstić information content (AvgIpc) is 3.11. The number of nitrogens with zero attached hydrogens (tertiary/aromatic N) is 3. The highest BCUT2D eigenvalue weighted by atomic mass is 16.3. The number of benzene rings is 1. The minimum absolute atomic E-state index is 0.148. The van der Waals surface area contributed by atoms with Crippen molar-refractivity contribution < 1.29 is 9.21 Å². The van der Waals surface area contributed by atoms with Gasteiger partial charge in [0.2, 0.25) is 5.95 Å². The summed E-state index contributed by atoms with van der Waals surface area (Å²) in [6, 6.07) is 11.3. The molecule has 1 aliphatic rings. The number of rotatable bonds is 4. The summed E-state index contributed by atoms with van der Waals surface area (Å²) >= 11 is 0. The summed E-state index contributed by atoms with van der Waals surface area (Å²) in [5.41, 5.74) is 0.740. The number of piperidine rings is 1. The van der Waals surface area contributed by atoms with E-state index < -0.39 is 0 Å². The highest BCUT2D eigenvalue weighted by molar-refractivity contribution is 5.96. The first-order valence-corrected chi connectivity index (χ1v) is 8.58. The summed E-state index contributed by atoms with van der Waals surface area (Å²) in [6.45, 7) is 2.49. The Kier molecular flexibility index (Phi) is 4.33. The Bertz CT molecular complexity index is 821. The highest BCUT2D eigenvalue weighted by Gasteiger charge is 2.22. The van der Waals surface area contributed by atoms with Crippen molar-refractivity contribution in [3.63, 3.8) is 0 Å². The van der Waals surface area contributed by atoms with Crippen molar-refractivity contribution in [1.82, 2.24) is 15.3 Å². The largest absolute Gasteiger partial charge is 0.451 e. The van der Waals surface area contributed by atoms with E-state index in [1.54, 1.807) is 18.5 Å². The summed E-state index contributed by atoms with van der Waals surface area (Å²) in [5, 5.41) is 3.95. The predicted octanol–water partition coefficient (Wildman–Crippen LogP) is 2.87. The number of anilines is 1. The van der Waals surface area contributed by atoms with Gasteiger partial charge >= 0.3 is 0 Å². The standard InChI is InChI=1S/C19H20N4O2/c24-18(17-12-15-4-1-2-5-16(15)25-17)22-13-14-6-10-23(11-7-14)19-20-8-3-9-21-19/h1-5,8-9,12,14H,6-7,10-11,13H2,(H,22,24). The molecule has 0 radical (unpaired) electrons. The maximum atomic E-state index is 12.3. The lowest BCUT2D eigenvalue weighted by atomic mass is 9.97. The van der Waals surface area contributed by atoms with Crippen molar-refractivity contribution in [3.8, 4) is 0 Å². The smallest absolute Gasteiger partial charge is 0.287 e. The van der Waals surface area contributed by atoms with E-state index in [-0.39, 0.29) is 5.91 Å². The minimum Gasteiger partial charge on any atom is -0.451 e. The monoisotopic (exact) mass is 336 g/mol. The maximum Gasteiger partial charge on any atom is 0.287 e. The Hall–Kier alpha value is -2.89. The number of hydrogen-bond acceptors (Lipinski definition) is 5. The van der Waals surface area contributed by atoms with E-state index in [1.807, 2.05) is 30.3 Å². The van der Waals surface area contributed by atoms with E-state index in [1.165, 1.54) is 0 Å². The van der Waals surface area contributed by atoms with Crippen molar-refractivity contribution in [3.05, 3.63) is 54.6 Å². The third-order valence-electron chi connectivity index (χ3n) is 4.65. The van der Waals surface area contributed by atoms with Crippen molar-refractivity contribution in [2.45, 2.75) is 12.8 Å². The quantitative estimate of drug-likeness (QED) is 0.793. The average molecular weight is 336 g/mol. The van der Waals surface area contributed by atoms with Crippen LogP contribution in [0.2, 0.25) is 0 Å². The molecule has 25 heavy (non-hydrogen) atoms. The lowest BCUT2D eigenvalue weighted by Crippen LogP contribution is -2.39. The Morgan fingerprint density at radius 1 is 1.16 bits per heavy atom. The van der Waals surface area contributed by atoms with E-state index in [0.717, 1.165) is 42.8 Å². The van der Waals surface area contributed by atoms with Gasteiger partial charge in [-0.15, -0.1) is 0 Å². The van der Waals surface area contributed by atoms with E-state index in [9.17, 15) is 4.79 Å². The van der Waals surface area contributed by atoms with Crippen molar-refractivity contribution in [1.29, 1.82) is 0 Å². The first-order valence-electron chi connectivity index (χ1n) is 8.58. The molecule has 1 aromatic carbocycles. The molecule has 0 bridgehead atoms. The third kappa shape index (κ3) is 3.47. The molecule has 6 nitrogen and oxygen atoms in total. The number of nitrogens with one attached hydrogen (secondary N) is 1. The van der Waals surface area contributed by atoms with E-state index in [2.05, 4.69) is 20.2 Å². The summed E-state index contributed by atoms with van der Waals surface area (Å²) in [7, 11) is 0. The molecule has 0 saturated carbocycles. The van der Waals surface area contributed by atoms with Gasteiger partial charge in [-0.2, -0.15) is 0 Å². The van der Waals surface area contributed by atoms with E-state index >= 15 is 0 Å². The summed E-state index contributed by atoms with van der Waals surface area (Å²) < 4.78 is 5.61. The zero-order valence-corrected chi connectivity index (χ0v) is 13.9. The molecule has 6 heteroatoms. The van der Waals surface area contributed by atoms with Gasteiger partial charge in [-0.05, 0) is 37.0 Å². The molecule has 1 fully saturated rings. The maximum absolute atomic E-state index is 12.3. The summed E-state index contributed by atoms with van der Waals surface area (Å²) in [4.78, 5) is 23.1. The topological polar surface area (TPSA) is 71.3 Å². The summed E-state index contributed by atoms with van der Waals surface area (Å²) in [6.07, 6.45) is 5.56. The van der Waals surface area contributed by atoms with Crippen molar-refractivity contribution >= 4 is 22.8 Å². The predicted molar refractivity (Wildman–Crippen MR) is 95.5 cm³/mol.